The number of anilines is 1. The van der Waals surface area contributed by atoms with Gasteiger partial charge in [-0.15, -0.1) is 0 Å². The normalized spacial score (nSPS) is 15.6. The predicted octanol–water partition coefficient (Wildman–Crippen LogP) is 4.19. The maximum absolute atomic E-state index is 14.1. The van der Waals surface area contributed by atoms with E-state index < -0.39 is 15.9 Å². The minimum Gasteiger partial charge on any atom is -0.477 e. The van der Waals surface area contributed by atoms with Crippen molar-refractivity contribution in [2.24, 2.45) is 0 Å². The third kappa shape index (κ3) is 4.36. The van der Waals surface area contributed by atoms with Crippen LogP contribution in [0.1, 0.15) is 57.1 Å². The number of ether oxygens (including phenoxy) is 1. The molecule has 10 heteroatoms. The Bertz CT molecular complexity index is 1000. The number of aromatic nitrogens is 2. The van der Waals surface area contributed by atoms with E-state index in [0.29, 0.717) is 30.0 Å². The van der Waals surface area contributed by atoms with Crippen molar-refractivity contribution in [3.63, 3.8) is 0 Å². The Balaban J connectivity index is 1.88. The lowest BCUT2D eigenvalue weighted by atomic mass is 9.92. The summed E-state index contributed by atoms with van der Waals surface area (Å²) in [4.78, 5) is 12.7. The van der Waals surface area contributed by atoms with Crippen LogP contribution in [0.2, 0.25) is 0 Å². The molecule has 1 aliphatic heterocycles. The van der Waals surface area contributed by atoms with Crippen molar-refractivity contribution in [3.8, 4) is 5.88 Å². The molecule has 8 nitrogen and oxygen atoms in total. The van der Waals surface area contributed by atoms with Crippen LogP contribution in [0, 0.1) is 10.6 Å². The van der Waals surface area contributed by atoms with Crippen LogP contribution < -0.4 is 14.8 Å². The fourth-order valence-electron chi connectivity index (χ4n) is 3.27. The van der Waals surface area contributed by atoms with Gasteiger partial charge in [0.05, 0.1) is 12.8 Å². The van der Waals surface area contributed by atoms with Crippen LogP contribution in [0.3, 0.4) is 0 Å². The third-order valence-corrected chi connectivity index (χ3v) is 6.08. The van der Waals surface area contributed by atoms with Gasteiger partial charge in [-0.25, -0.2) is 27.6 Å². The van der Waals surface area contributed by atoms with E-state index in [1.807, 2.05) is 27.7 Å². The molecule has 0 fully saturated rings. The summed E-state index contributed by atoms with van der Waals surface area (Å²) in [5, 5.41) is 6.76. The largest absolute Gasteiger partial charge is 0.477 e. The Morgan fingerprint density at radius 1 is 1.28 bits per heavy atom. The Hall–Kier alpha value is -2.62. The number of halogens is 1. The third-order valence-electron chi connectivity index (χ3n) is 4.71. The maximum atomic E-state index is 14.1. The van der Waals surface area contributed by atoms with Crippen LogP contribution in [0.25, 0.3) is 0 Å². The smallest absolute Gasteiger partial charge is 0.331 e. The van der Waals surface area contributed by atoms with Crippen molar-refractivity contribution in [3.05, 3.63) is 35.3 Å². The molecule has 3 N–H and O–H groups in total. The van der Waals surface area contributed by atoms with Crippen molar-refractivity contribution in [2.75, 3.05) is 11.9 Å². The highest BCUT2D eigenvalue weighted by Crippen LogP contribution is 2.34. The lowest BCUT2D eigenvalue weighted by molar-refractivity contribution is 0.224. The summed E-state index contributed by atoms with van der Waals surface area (Å²) in [7, 11) is -3.70. The van der Waals surface area contributed by atoms with Gasteiger partial charge < -0.3 is 10.1 Å². The van der Waals surface area contributed by atoms with Gasteiger partial charge in [0.2, 0.25) is 5.88 Å². The molecule has 2 heterocycles. The van der Waals surface area contributed by atoms with Gasteiger partial charge in [0.1, 0.15) is 10.7 Å². The zero-order valence-corrected chi connectivity index (χ0v) is 17.7. The Kier molecular flexibility index (Phi) is 5.83. The lowest BCUT2D eigenvalue weighted by Crippen LogP contribution is -2.34. The number of rotatable bonds is 5. The molecule has 0 spiro atoms. The van der Waals surface area contributed by atoms with Gasteiger partial charge in [-0.05, 0) is 35.1 Å². The number of hydrogen-bond acceptors (Lipinski definition) is 5. The monoisotopic (exact) mass is 423 g/mol. The Morgan fingerprint density at radius 2 is 1.90 bits per heavy atom. The molecule has 0 saturated heterocycles. The lowest BCUT2D eigenvalue weighted by Gasteiger charge is -2.21. The second-order valence-corrected chi connectivity index (χ2v) is 9.38. The number of fused-ring (bicyclic) bond motifs is 1. The highest BCUT2D eigenvalue weighted by atomic mass is 32.2. The molecule has 1 aromatic heterocycles. The van der Waals surface area contributed by atoms with Crippen LogP contribution in [0.15, 0.2) is 23.2 Å². The first kappa shape index (κ1) is 21.1. The number of hydrogen-bond donors (Lipinski definition) is 3. The fourth-order valence-corrected chi connectivity index (χ4v) is 4.30. The number of carbonyl (C=O) groups excluding carboxylic acids is 1. The standard InChI is InChI=1S/C19H26FN5O3S/c1-11(2)14-8-13(20)9-15(12(3)4)17(14)23-19(26)24-29(21,27)16-10-22-25-6-5-7-28-18(16)25/h8-12H,5-7H2,1-4H3,(H3,21,23,24,26,27)/t29-/m0/s1. The van der Waals surface area contributed by atoms with Crippen molar-refractivity contribution in [1.82, 2.24) is 14.5 Å². The summed E-state index contributed by atoms with van der Waals surface area (Å²) >= 11 is 0. The van der Waals surface area contributed by atoms with E-state index in [-0.39, 0.29) is 28.4 Å². The number of amides is 2. The molecule has 2 amide bonds. The number of nitrogens with zero attached hydrogens (tertiary/aromatic N) is 2. The quantitative estimate of drug-likeness (QED) is 0.670. The molecular formula is C19H26FN5O3S. The zero-order valence-electron chi connectivity index (χ0n) is 16.9. The average molecular weight is 424 g/mol. The van der Waals surface area contributed by atoms with E-state index in [9.17, 15) is 13.4 Å². The van der Waals surface area contributed by atoms with Gasteiger partial charge in [0.25, 0.3) is 0 Å². The topological polar surface area (TPSA) is 109 Å². The summed E-state index contributed by atoms with van der Waals surface area (Å²) in [5.41, 5.74) is 1.73. The minimum atomic E-state index is -3.70. The van der Waals surface area contributed by atoms with Crippen molar-refractivity contribution >= 4 is 21.6 Å². The van der Waals surface area contributed by atoms with Crippen LogP contribution in [-0.2, 0) is 16.5 Å². The first-order chi connectivity index (χ1) is 13.6. The van der Waals surface area contributed by atoms with Gasteiger partial charge in [0, 0.05) is 18.7 Å². The van der Waals surface area contributed by atoms with Crippen LogP contribution in [0.4, 0.5) is 14.9 Å². The molecule has 0 aliphatic carbocycles. The first-order valence-corrected chi connectivity index (χ1v) is 11.1. The average Bonchev–Trinajstić information content (AvgIpc) is 3.07. The molecule has 0 saturated carbocycles. The van der Waals surface area contributed by atoms with Gasteiger partial charge in [-0.3, -0.25) is 0 Å². The van der Waals surface area contributed by atoms with E-state index in [1.165, 1.54) is 23.0 Å². The molecule has 0 radical (unpaired) electrons. The van der Waals surface area contributed by atoms with Gasteiger partial charge >= 0.3 is 6.03 Å². The summed E-state index contributed by atoms with van der Waals surface area (Å²) in [6.45, 7) is 8.62. The minimum absolute atomic E-state index is 0.0274. The van der Waals surface area contributed by atoms with Gasteiger partial charge in [-0.2, -0.15) is 5.10 Å². The van der Waals surface area contributed by atoms with Crippen molar-refractivity contribution in [2.45, 2.75) is 57.4 Å². The van der Waals surface area contributed by atoms with Crippen molar-refractivity contribution in [1.29, 1.82) is 4.78 Å². The Morgan fingerprint density at radius 3 is 2.48 bits per heavy atom. The van der Waals surface area contributed by atoms with Crippen LogP contribution >= 0.6 is 0 Å². The molecule has 0 unspecified atom stereocenters. The predicted molar refractivity (Wildman–Crippen MR) is 108 cm³/mol. The maximum Gasteiger partial charge on any atom is 0.331 e. The van der Waals surface area contributed by atoms with E-state index in [0.717, 1.165) is 6.42 Å². The number of aryl methyl sites for hydroxylation is 1. The van der Waals surface area contributed by atoms with Gasteiger partial charge in [0.15, 0.2) is 9.92 Å². The zero-order chi connectivity index (χ0) is 21.3. The second-order valence-electron chi connectivity index (χ2n) is 7.62. The fraction of sp³-hybridized carbons (Fsp3) is 0.474. The van der Waals surface area contributed by atoms with E-state index in [2.05, 4.69) is 15.1 Å². The number of benzene rings is 1. The molecule has 1 aromatic carbocycles. The first-order valence-electron chi connectivity index (χ1n) is 9.49. The molecule has 29 heavy (non-hydrogen) atoms. The number of urea groups is 1. The summed E-state index contributed by atoms with van der Waals surface area (Å²) in [6, 6.07) is 1.95. The highest BCUT2D eigenvalue weighted by molar-refractivity contribution is 7.91. The SMILES string of the molecule is CC(C)c1cc(F)cc(C(C)C)c1NC(=O)N[S@](=N)(=O)c1cnn2c1OCCC2. The van der Waals surface area contributed by atoms with Crippen LogP contribution in [-0.4, -0.2) is 26.6 Å². The molecule has 1 aliphatic rings. The molecule has 0 bridgehead atoms. The summed E-state index contributed by atoms with van der Waals surface area (Å²) in [6.07, 6.45) is 2.05. The Labute approximate surface area is 169 Å². The molecule has 2 aromatic rings. The number of nitrogens with one attached hydrogen (secondary N) is 3. The molecule has 1 atom stereocenters. The van der Waals surface area contributed by atoms with Crippen LogP contribution in [0.5, 0.6) is 5.88 Å². The van der Waals surface area contributed by atoms with E-state index >= 15 is 0 Å². The molecule has 158 valence electrons. The molecular weight excluding hydrogens is 397 g/mol. The summed E-state index contributed by atoms with van der Waals surface area (Å²) in [5.74, 6) is -0.231. The van der Waals surface area contributed by atoms with E-state index in [1.54, 1.807) is 0 Å². The highest BCUT2D eigenvalue weighted by Gasteiger charge is 2.26. The second kappa shape index (κ2) is 8.02. The van der Waals surface area contributed by atoms with E-state index in [4.69, 9.17) is 9.52 Å². The van der Waals surface area contributed by atoms with Gasteiger partial charge in [-0.1, -0.05) is 27.7 Å². The number of carbonyl (C=O) groups is 1. The molecule has 3 rings (SSSR count). The van der Waals surface area contributed by atoms with Crippen molar-refractivity contribution < 1.29 is 18.1 Å². The summed E-state index contributed by atoms with van der Waals surface area (Å²) < 4.78 is 44.4.